The van der Waals surface area contributed by atoms with Gasteiger partial charge in [0.1, 0.15) is 6.10 Å². The molecule has 0 amide bonds. The van der Waals surface area contributed by atoms with Gasteiger partial charge in [0.05, 0.1) is 12.2 Å². The van der Waals surface area contributed by atoms with Gasteiger partial charge in [0.15, 0.2) is 0 Å². The molecule has 0 heterocycles. The fourth-order valence-corrected chi connectivity index (χ4v) is 16.9. The zero-order valence-electron chi connectivity index (χ0n) is 33.8. The van der Waals surface area contributed by atoms with Crippen LogP contribution < -0.4 is 20.7 Å². The lowest BCUT2D eigenvalue weighted by Crippen LogP contribution is -2.68. The van der Waals surface area contributed by atoms with E-state index in [0.717, 1.165) is 12.8 Å². The van der Waals surface area contributed by atoms with Gasteiger partial charge in [-0.25, -0.2) is 0 Å². The van der Waals surface area contributed by atoms with Gasteiger partial charge in [-0.2, -0.15) is 0 Å². The molecule has 0 aliphatic carbocycles. The predicted molar refractivity (Wildman–Crippen MR) is 235 cm³/mol. The summed E-state index contributed by atoms with van der Waals surface area (Å²) in [6, 6.07) is 42.4. The molecule has 3 atom stereocenters. The van der Waals surface area contributed by atoms with Crippen LogP contribution in [-0.4, -0.2) is 40.1 Å². The molecular formula is C49H62O3Si2. The monoisotopic (exact) mass is 754 g/mol. The van der Waals surface area contributed by atoms with E-state index in [1.54, 1.807) is 6.08 Å². The fourth-order valence-electron chi connectivity index (χ4n) is 7.64. The van der Waals surface area contributed by atoms with E-state index in [-0.39, 0.29) is 10.1 Å². The Hall–Kier alpha value is -3.95. The highest BCUT2D eigenvalue weighted by Crippen LogP contribution is 2.39. The van der Waals surface area contributed by atoms with E-state index < -0.39 is 34.9 Å². The number of aliphatic hydroxyl groups excluding tert-OH is 1. The third-order valence-electron chi connectivity index (χ3n) is 10.4. The number of rotatable bonds is 17. The average Bonchev–Trinajstić information content (AvgIpc) is 3.17. The summed E-state index contributed by atoms with van der Waals surface area (Å²) in [5.41, 5.74) is 0. The molecule has 0 bridgehead atoms. The highest BCUT2D eigenvalue weighted by Gasteiger charge is 2.53. The van der Waals surface area contributed by atoms with E-state index in [1.807, 2.05) is 12.1 Å². The van der Waals surface area contributed by atoms with Gasteiger partial charge in [0, 0.05) is 6.42 Å². The van der Waals surface area contributed by atoms with E-state index in [1.165, 1.54) is 40.0 Å². The van der Waals surface area contributed by atoms with E-state index >= 15 is 0 Å². The molecule has 0 saturated heterocycles. The Labute approximate surface area is 329 Å². The molecule has 4 rings (SSSR count). The lowest BCUT2D eigenvalue weighted by atomic mass is 10.0. The van der Waals surface area contributed by atoms with Gasteiger partial charge in [-0.3, -0.25) is 0 Å². The highest BCUT2D eigenvalue weighted by molar-refractivity contribution is 7.00. The quantitative estimate of drug-likeness (QED) is 0.0506. The van der Waals surface area contributed by atoms with Crippen molar-refractivity contribution < 1.29 is 14.0 Å². The molecule has 3 nitrogen and oxygen atoms in total. The second-order valence-electron chi connectivity index (χ2n) is 16.3. The van der Waals surface area contributed by atoms with Crippen LogP contribution >= 0.6 is 0 Å². The van der Waals surface area contributed by atoms with Crippen LogP contribution in [0.4, 0.5) is 0 Å². The maximum absolute atomic E-state index is 11.9. The van der Waals surface area contributed by atoms with Gasteiger partial charge < -0.3 is 14.0 Å². The Kier molecular flexibility index (Phi) is 15.9. The number of unbranched alkanes of at least 4 members (excludes halogenated alkanes) is 4. The van der Waals surface area contributed by atoms with Crippen LogP contribution in [0.3, 0.4) is 0 Å². The van der Waals surface area contributed by atoms with Crippen molar-refractivity contribution in [2.24, 2.45) is 0 Å². The minimum atomic E-state index is -2.93. The van der Waals surface area contributed by atoms with Crippen molar-refractivity contribution in [3.8, 4) is 23.7 Å². The molecule has 0 fully saturated rings. The summed E-state index contributed by atoms with van der Waals surface area (Å²) < 4.78 is 14.7. The van der Waals surface area contributed by atoms with Gasteiger partial charge in [-0.05, 0) is 49.1 Å². The number of aliphatic hydroxyl groups is 1. The van der Waals surface area contributed by atoms with Gasteiger partial charge >= 0.3 is 0 Å². The summed E-state index contributed by atoms with van der Waals surface area (Å²) in [5.74, 6) is 12.9. The van der Waals surface area contributed by atoms with Crippen molar-refractivity contribution in [1.29, 1.82) is 0 Å². The van der Waals surface area contributed by atoms with E-state index in [0.29, 0.717) is 12.8 Å². The Morgan fingerprint density at radius 3 is 1.41 bits per heavy atom. The largest absolute Gasteiger partial charge is 0.401 e. The van der Waals surface area contributed by atoms with Crippen molar-refractivity contribution in [3.63, 3.8) is 0 Å². The molecule has 0 aromatic heterocycles. The minimum Gasteiger partial charge on any atom is -0.401 e. The van der Waals surface area contributed by atoms with E-state index in [9.17, 15) is 5.11 Å². The summed E-state index contributed by atoms with van der Waals surface area (Å²) in [6.45, 7) is 19.9. The van der Waals surface area contributed by atoms with Gasteiger partial charge in [0.2, 0.25) is 0 Å². The first kappa shape index (κ1) is 42.8. The second kappa shape index (κ2) is 20.1. The molecule has 4 aromatic carbocycles. The fraction of sp³-hybridized carbons (Fsp3) is 0.388. The second-order valence-corrected chi connectivity index (χ2v) is 24.8. The van der Waals surface area contributed by atoms with Crippen molar-refractivity contribution in [2.75, 3.05) is 0 Å². The molecule has 0 saturated carbocycles. The Bertz CT molecular complexity index is 1740. The first-order valence-electron chi connectivity index (χ1n) is 19.8. The third-order valence-corrected chi connectivity index (χ3v) is 20.5. The summed E-state index contributed by atoms with van der Waals surface area (Å²) in [6.07, 6.45) is 6.79. The number of hydrogen-bond acceptors (Lipinski definition) is 3. The summed E-state index contributed by atoms with van der Waals surface area (Å²) in [5, 5.41) is 16.2. The Morgan fingerprint density at radius 2 is 1.02 bits per heavy atom. The normalized spacial score (nSPS) is 13.8. The first-order chi connectivity index (χ1) is 25.9. The molecule has 0 unspecified atom stereocenters. The zero-order valence-corrected chi connectivity index (χ0v) is 35.8. The highest BCUT2D eigenvalue weighted by atomic mass is 28.4. The van der Waals surface area contributed by atoms with Crippen molar-refractivity contribution in [1.82, 2.24) is 0 Å². The minimum absolute atomic E-state index is 0.192. The van der Waals surface area contributed by atoms with Gasteiger partial charge in [-0.15, -0.1) is 0 Å². The van der Waals surface area contributed by atoms with Crippen LogP contribution in [0.2, 0.25) is 10.1 Å². The number of benzene rings is 4. The maximum Gasteiger partial charge on any atom is 0.263 e. The van der Waals surface area contributed by atoms with Gasteiger partial charge in [-0.1, -0.05) is 226 Å². The lowest BCUT2D eigenvalue weighted by Gasteiger charge is -2.45. The van der Waals surface area contributed by atoms with E-state index in [2.05, 4.69) is 188 Å². The van der Waals surface area contributed by atoms with Crippen LogP contribution in [0, 0.1) is 23.7 Å². The third kappa shape index (κ3) is 10.4. The van der Waals surface area contributed by atoms with Crippen LogP contribution in [0.1, 0.15) is 93.4 Å². The van der Waals surface area contributed by atoms with Crippen LogP contribution in [0.5, 0.6) is 0 Å². The van der Waals surface area contributed by atoms with Crippen LogP contribution in [-0.2, 0) is 8.85 Å². The SMILES string of the molecule is C=C[C@H](C#CC#CC[C@@H](O[Si](c1ccccc1)(c1ccccc1)C(C)(C)C)[C@H](O)CCCCCCC)O[Si](c1ccccc1)(c1ccccc1)C(C)(C)C. The average molecular weight is 755 g/mol. The molecule has 284 valence electrons. The van der Waals surface area contributed by atoms with Crippen LogP contribution in [0.15, 0.2) is 134 Å². The molecule has 5 heteroatoms. The molecule has 1 N–H and O–H groups in total. The topological polar surface area (TPSA) is 38.7 Å². The summed E-state index contributed by atoms with van der Waals surface area (Å²) in [7, 11) is -5.77. The number of hydrogen-bond donors (Lipinski definition) is 1. The maximum atomic E-state index is 11.9. The summed E-state index contributed by atoms with van der Waals surface area (Å²) in [4.78, 5) is 0. The van der Waals surface area contributed by atoms with Crippen molar-refractivity contribution in [3.05, 3.63) is 134 Å². The molecule has 0 aliphatic heterocycles. The smallest absolute Gasteiger partial charge is 0.263 e. The summed E-state index contributed by atoms with van der Waals surface area (Å²) >= 11 is 0. The molecule has 4 aromatic rings. The van der Waals surface area contributed by atoms with Crippen molar-refractivity contribution in [2.45, 2.75) is 122 Å². The zero-order chi connectivity index (χ0) is 39.1. The predicted octanol–water partition coefficient (Wildman–Crippen LogP) is 9.18. The Morgan fingerprint density at radius 1 is 0.611 bits per heavy atom. The van der Waals surface area contributed by atoms with Crippen LogP contribution in [0.25, 0.3) is 0 Å². The molecule has 54 heavy (non-hydrogen) atoms. The molecule has 0 radical (unpaired) electrons. The molecule has 0 aliphatic rings. The van der Waals surface area contributed by atoms with Crippen molar-refractivity contribution >= 4 is 37.4 Å². The molecular weight excluding hydrogens is 693 g/mol. The standard InChI is InChI=1S/C49H62O3Si2/c1-9-11-12-13-28-39-46(50)47(52-54(49(6,7)8,44-35-24-17-25-36-44)45-37-26-18-27-38-45)40-29-14-19-30-41(10-2)51-53(48(3,4)5,42-31-20-15-21-32-42)43-33-22-16-23-34-43/h10,15-18,20-27,31-38,41,46-47,50H,2,9,11-13,28,39-40H2,1,3-8H3/t41-,46-,47-/m1/s1. The lowest BCUT2D eigenvalue weighted by molar-refractivity contribution is 0.0263. The van der Waals surface area contributed by atoms with E-state index in [4.69, 9.17) is 8.85 Å². The van der Waals surface area contributed by atoms with Gasteiger partial charge in [0.25, 0.3) is 16.6 Å². The Balaban J connectivity index is 1.69. The first-order valence-corrected chi connectivity index (χ1v) is 23.6. The molecule has 0 spiro atoms.